The molecule has 0 radical (unpaired) electrons. The van der Waals surface area contributed by atoms with Gasteiger partial charge in [-0.1, -0.05) is 19.8 Å². The SMILES string of the molecule is CCNC(=NCc1ncc(CC)s1)NCC1(N2CCSCC2)CCCC1.I. The fourth-order valence-corrected chi connectivity index (χ4v) is 5.69. The van der Waals surface area contributed by atoms with Crippen molar-refractivity contribution in [1.29, 1.82) is 0 Å². The highest BCUT2D eigenvalue weighted by atomic mass is 127. The predicted molar refractivity (Wildman–Crippen MR) is 130 cm³/mol. The molecule has 1 aromatic rings. The van der Waals surface area contributed by atoms with Gasteiger partial charge >= 0.3 is 0 Å². The molecule has 3 rings (SSSR count). The minimum absolute atomic E-state index is 0. The summed E-state index contributed by atoms with van der Waals surface area (Å²) < 4.78 is 0. The number of nitrogens with one attached hydrogen (secondary N) is 2. The Labute approximate surface area is 189 Å². The number of rotatable bonds is 7. The van der Waals surface area contributed by atoms with Crippen molar-refractivity contribution >= 4 is 53.0 Å². The maximum atomic E-state index is 4.79. The Balaban J connectivity index is 0.00000261. The van der Waals surface area contributed by atoms with E-state index in [4.69, 9.17) is 4.99 Å². The monoisotopic (exact) mass is 523 g/mol. The fraction of sp³-hybridized carbons (Fsp3) is 0.789. The summed E-state index contributed by atoms with van der Waals surface area (Å²) in [5.41, 5.74) is 0.327. The molecule has 2 fully saturated rings. The van der Waals surface area contributed by atoms with Gasteiger partial charge in [-0.05, 0) is 26.2 Å². The number of nitrogens with zero attached hydrogens (tertiary/aromatic N) is 3. The molecule has 0 unspecified atom stereocenters. The van der Waals surface area contributed by atoms with Crippen LogP contribution in [0.1, 0.15) is 49.4 Å². The summed E-state index contributed by atoms with van der Waals surface area (Å²) in [7, 11) is 0. The molecule has 0 amide bonds. The van der Waals surface area contributed by atoms with Gasteiger partial charge in [0.25, 0.3) is 0 Å². The highest BCUT2D eigenvalue weighted by Crippen LogP contribution is 2.36. The molecule has 1 aliphatic carbocycles. The number of aliphatic imine (C=N–C) groups is 1. The minimum Gasteiger partial charge on any atom is -0.357 e. The summed E-state index contributed by atoms with van der Waals surface area (Å²) in [6, 6.07) is 0. The van der Waals surface area contributed by atoms with Crippen LogP contribution in [0.25, 0.3) is 0 Å². The summed E-state index contributed by atoms with van der Waals surface area (Å²) in [5.74, 6) is 3.48. The Morgan fingerprint density at radius 1 is 1.22 bits per heavy atom. The van der Waals surface area contributed by atoms with E-state index in [0.717, 1.165) is 30.5 Å². The number of thiazole rings is 1. The van der Waals surface area contributed by atoms with Crippen LogP contribution in [0.2, 0.25) is 0 Å². The fourth-order valence-electron chi connectivity index (χ4n) is 4.00. The van der Waals surface area contributed by atoms with Gasteiger partial charge in [-0.25, -0.2) is 9.98 Å². The topological polar surface area (TPSA) is 52.6 Å². The average molecular weight is 524 g/mol. The van der Waals surface area contributed by atoms with Crippen LogP contribution >= 0.6 is 47.1 Å². The Morgan fingerprint density at radius 2 is 1.96 bits per heavy atom. The molecule has 0 aromatic carbocycles. The van der Waals surface area contributed by atoms with Crippen LogP contribution in [-0.2, 0) is 13.0 Å². The van der Waals surface area contributed by atoms with Crippen LogP contribution in [0.15, 0.2) is 11.2 Å². The van der Waals surface area contributed by atoms with Crippen LogP contribution < -0.4 is 10.6 Å². The number of hydrogen-bond acceptors (Lipinski definition) is 5. The number of aromatic nitrogens is 1. The third-order valence-corrected chi connectivity index (χ3v) is 7.54. The Morgan fingerprint density at radius 3 is 2.59 bits per heavy atom. The molecule has 27 heavy (non-hydrogen) atoms. The lowest BCUT2D eigenvalue weighted by atomic mass is 9.94. The summed E-state index contributed by atoms with van der Waals surface area (Å²) in [6.45, 7) is 9.32. The molecule has 8 heteroatoms. The average Bonchev–Trinajstić information content (AvgIpc) is 3.35. The first-order valence-electron chi connectivity index (χ1n) is 10.0. The lowest BCUT2D eigenvalue weighted by Gasteiger charge is -2.43. The van der Waals surface area contributed by atoms with E-state index in [1.54, 1.807) is 11.3 Å². The second kappa shape index (κ2) is 11.8. The maximum absolute atomic E-state index is 4.79. The molecule has 2 N–H and O–H groups in total. The maximum Gasteiger partial charge on any atom is 0.191 e. The molecule has 0 atom stereocenters. The lowest BCUT2D eigenvalue weighted by molar-refractivity contribution is 0.107. The van der Waals surface area contributed by atoms with Gasteiger partial charge in [0.15, 0.2) is 5.96 Å². The van der Waals surface area contributed by atoms with Crippen LogP contribution in [0.4, 0.5) is 0 Å². The van der Waals surface area contributed by atoms with Gasteiger partial charge in [-0.2, -0.15) is 11.8 Å². The van der Waals surface area contributed by atoms with Gasteiger partial charge in [0.2, 0.25) is 0 Å². The van der Waals surface area contributed by atoms with E-state index in [-0.39, 0.29) is 24.0 Å². The van der Waals surface area contributed by atoms with Crippen molar-refractivity contribution in [1.82, 2.24) is 20.5 Å². The standard InChI is InChI=1S/C19H33N5S2.HI/c1-3-16-13-21-17(26-16)14-22-18(20-4-2)23-15-19(7-5-6-8-19)24-9-11-25-12-10-24;/h13H,3-12,14-15H2,1-2H3,(H2,20,22,23);1H. The van der Waals surface area contributed by atoms with Gasteiger partial charge in [0, 0.05) is 54.3 Å². The highest BCUT2D eigenvalue weighted by Gasteiger charge is 2.39. The molecule has 2 aliphatic rings. The first-order chi connectivity index (χ1) is 12.8. The molecule has 154 valence electrons. The largest absolute Gasteiger partial charge is 0.357 e. The zero-order valence-electron chi connectivity index (χ0n) is 16.6. The normalized spacial score (nSPS) is 20.3. The van der Waals surface area contributed by atoms with Crippen molar-refractivity contribution in [2.45, 2.75) is 58.0 Å². The third kappa shape index (κ3) is 6.47. The van der Waals surface area contributed by atoms with Gasteiger partial charge in [-0.15, -0.1) is 35.3 Å². The molecule has 2 heterocycles. The van der Waals surface area contributed by atoms with Gasteiger partial charge in [-0.3, -0.25) is 4.90 Å². The number of thioether (sulfide) groups is 1. The van der Waals surface area contributed by atoms with Gasteiger partial charge in [0.05, 0.1) is 6.54 Å². The summed E-state index contributed by atoms with van der Waals surface area (Å²) in [5, 5.41) is 8.17. The molecule has 0 bridgehead atoms. The molecular weight excluding hydrogens is 489 g/mol. The molecule has 1 saturated carbocycles. The minimum atomic E-state index is 0. The zero-order valence-corrected chi connectivity index (χ0v) is 20.6. The molecule has 1 aromatic heterocycles. The Kier molecular flexibility index (Phi) is 10.2. The van der Waals surface area contributed by atoms with Crippen LogP contribution in [0.3, 0.4) is 0 Å². The Bertz CT molecular complexity index is 580. The summed E-state index contributed by atoms with van der Waals surface area (Å²) in [6.07, 6.45) is 8.39. The highest BCUT2D eigenvalue weighted by molar-refractivity contribution is 14.0. The van der Waals surface area contributed by atoms with Crippen molar-refractivity contribution in [3.05, 3.63) is 16.1 Å². The number of hydrogen-bond donors (Lipinski definition) is 2. The molecule has 5 nitrogen and oxygen atoms in total. The Hall–Kier alpha value is -0.0600. The summed E-state index contributed by atoms with van der Waals surface area (Å²) in [4.78, 5) is 13.4. The van der Waals surface area contributed by atoms with Crippen LogP contribution in [-0.4, -0.2) is 59.1 Å². The quantitative estimate of drug-likeness (QED) is 0.324. The van der Waals surface area contributed by atoms with Crippen molar-refractivity contribution in [3.8, 4) is 0 Å². The van der Waals surface area contributed by atoms with Gasteiger partial charge in [0.1, 0.15) is 5.01 Å². The van der Waals surface area contributed by atoms with Crippen LogP contribution in [0, 0.1) is 0 Å². The van der Waals surface area contributed by atoms with Crippen molar-refractivity contribution in [3.63, 3.8) is 0 Å². The van der Waals surface area contributed by atoms with Crippen LogP contribution in [0.5, 0.6) is 0 Å². The van der Waals surface area contributed by atoms with E-state index in [0.29, 0.717) is 12.1 Å². The first kappa shape index (κ1) is 23.2. The first-order valence-corrected chi connectivity index (χ1v) is 12.0. The predicted octanol–water partition coefficient (Wildman–Crippen LogP) is 3.74. The van der Waals surface area contributed by atoms with Crippen molar-refractivity contribution in [2.75, 3.05) is 37.7 Å². The number of guanidine groups is 1. The second-order valence-corrected chi connectivity index (χ2v) is 9.58. The van der Waals surface area contributed by atoms with E-state index >= 15 is 0 Å². The lowest BCUT2D eigenvalue weighted by Crippen LogP contribution is -2.57. The van der Waals surface area contributed by atoms with E-state index in [1.165, 1.54) is 55.2 Å². The van der Waals surface area contributed by atoms with Crippen molar-refractivity contribution < 1.29 is 0 Å². The molecule has 0 spiro atoms. The van der Waals surface area contributed by atoms with E-state index < -0.39 is 0 Å². The second-order valence-electron chi connectivity index (χ2n) is 7.15. The number of halogens is 1. The molecule has 1 saturated heterocycles. The van der Waals surface area contributed by atoms with Gasteiger partial charge < -0.3 is 10.6 Å². The van der Waals surface area contributed by atoms with E-state index in [2.05, 4.69) is 46.1 Å². The van der Waals surface area contributed by atoms with E-state index in [1.807, 2.05) is 6.20 Å². The summed E-state index contributed by atoms with van der Waals surface area (Å²) >= 11 is 3.87. The zero-order chi connectivity index (χ0) is 18.2. The third-order valence-electron chi connectivity index (χ3n) is 5.47. The number of aryl methyl sites for hydroxylation is 1. The van der Waals surface area contributed by atoms with E-state index in [9.17, 15) is 0 Å². The molecular formula is C19H34IN5S2. The van der Waals surface area contributed by atoms with Crippen molar-refractivity contribution in [2.24, 2.45) is 4.99 Å². The molecule has 1 aliphatic heterocycles. The smallest absolute Gasteiger partial charge is 0.191 e.